The summed E-state index contributed by atoms with van der Waals surface area (Å²) in [6.45, 7) is 0. The van der Waals surface area contributed by atoms with E-state index < -0.39 is 12.1 Å². The molecule has 2 N–H and O–H groups in total. The number of aliphatic hydroxyl groups is 1. The van der Waals surface area contributed by atoms with E-state index in [4.69, 9.17) is 5.11 Å². The predicted molar refractivity (Wildman–Crippen MR) is 63.2 cm³/mol. The van der Waals surface area contributed by atoms with Crippen LogP contribution in [0.1, 0.15) is 11.8 Å². The number of benzene rings is 1. The number of carboxylic acids is 1. The van der Waals surface area contributed by atoms with Gasteiger partial charge in [0.15, 0.2) is 6.10 Å². The highest BCUT2D eigenvalue weighted by Gasteiger charge is 2.20. The highest BCUT2D eigenvalue weighted by Crippen LogP contribution is 2.26. The Hall–Kier alpha value is -1.33. The molecule has 4 nitrogen and oxygen atoms in total. The van der Waals surface area contributed by atoms with Crippen LogP contribution in [0, 0.1) is 0 Å². The molecule has 0 fully saturated rings. The Morgan fingerprint density at radius 2 is 2.12 bits per heavy atom. The molecule has 0 radical (unpaired) electrons. The monoisotopic (exact) mass is 283 g/mol. The number of aromatic nitrogens is 1. The smallest absolute Gasteiger partial charge is 0.338 e. The van der Waals surface area contributed by atoms with E-state index >= 15 is 0 Å². The van der Waals surface area contributed by atoms with E-state index in [-0.39, 0.29) is 0 Å². The fourth-order valence-electron chi connectivity index (χ4n) is 1.73. The van der Waals surface area contributed by atoms with E-state index in [0.29, 0.717) is 5.69 Å². The second-order valence-corrected chi connectivity index (χ2v) is 4.49. The zero-order chi connectivity index (χ0) is 11.9. The zero-order valence-electron chi connectivity index (χ0n) is 8.51. The van der Waals surface area contributed by atoms with Gasteiger partial charge in [0.2, 0.25) is 0 Å². The van der Waals surface area contributed by atoms with Crippen molar-refractivity contribution in [3.8, 4) is 0 Å². The Labute approximate surface area is 100 Å². The van der Waals surface area contributed by atoms with Crippen molar-refractivity contribution in [1.82, 2.24) is 4.57 Å². The average Bonchev–Trinajstić information content (AvgIpc) is 2.54. The number of rotatable bonds is 2. The van der Waals surface area contributed by atoms with Gasteiger partial charge in [0.1, 0.15) is 0 Å². The molecule has 84 valence electrons. The fourth-order valence-corrected chi connectivity index (χ4v) is 2.11. The van der Waals surface area contributed by atoms with E-state index in [1.807, 2.05) is 18.2 Å². The van der Waals surface area contributed by atoms with Crippen LogP contribution in [0.5, 0.6) is 0 Å². The van der Waals surface area contributed by atoms with Crippen LogP contribution in [-0.4, -0.2) is 20.7 Å². The SMILES string of the molecule is Cn1c(C(O)C(=O)O)cc2cc(Br)ccc21. The summed E-state index contributed by atoms with van der Waals surface area (Å²) in [5.74, 6) is -1.25. The molecule has 0 saturated carbocycles. The van der Waals surface area contributed by atoms with Crippen LogP contribution in [0.3, 0.4) is 0 Å². The van der Waals surface area contributed by atoms with Crippen molar-refractivity contribution in [2.75, 3.05) is 0 Å². The van der Waals surface area contributed by atoms with Crippen LogP contribution in [0.2, 0.25) is 0 Å². The first-order valence-electron chi connectivity index (χ1n) is 4.66. The summed E-state index contributed by atoms with van der Waals surface area (Å²) in [6.07, 6.45) is -1.49. The minimum Gasteiger partial charge on any atom is -0.479 e. The maximum absolute atomic E-state index is 10.7. The lowest BCUT2D eigenvalue weighted by atomic mass is 10.2. The molecule has 2 aromatic rings. The third-order valence-corrected chi connectivity index (χ3v) is 3.05. The van der Waals surface area contributed by atoms with Crippen molar-refractivity contribution >= 4 is 32.8 Å². The molecule has 1 atom stereocenters. The minimum atomic E-state index is -1.49. The van der Waals surface area contributed by atoms with Gasteiger partial charge in [-0.1, -0.05) is 15.9 Å². The molecule has 0 aliphatic heterocycles. The highest BCUT2D eigenvalue weighted by atomic mass is 79.9. The molecule has 1 heterocycles. The first kappa shape index (κ1) is 11.2. The van der Waals surface area contributed by atoms with Crippen LogP contribution in [0.4, 0.5) is 0 Å². The number of carbonyl (C=O) groups is 1. The molecular weight excluding hydrogens is 274 g/mol. The fraction of sp³-hybridized carbons (Fsp3) is 0.182. The average molecular weight is 284 g/mol. The molecule has 0 aliphatic rings. The Bertz CT molecular complexity index is 562. The largest absolute Gasteiger partial charge is 0.479 e. The van der Waals surface area contributed by atoms with Crippen LogP contribution in [0.15, 0.2) is 28.7 Å². The highest BCUT2D eigenvalue weighted by molar-refractivity contribution is 9.10. The van der Waals surface area contributed by atoms with Gasteiger partial charge >= 0.3 is 5.97 Å². The third kappa shape index (κ3) is 1.72. The molecule has 0 bridgehead atoms. The molecule has 2 rings (SSSR count). The summed E-state index contributed by atoms with van der Waals surface area (Å²) in [4.78, 5) is 10.7. The minimum absolute atomic E-state index is 0.376. The Balaban J connectivity index is 2.64. The summed E-state index contributed by atoms with van der Waals surface area (Å²) in [7, 11) is 1.73. The van der Waals surface area contributed by atoms with Gasteiger partial charge in [0, 0.05) is 22.4 Å². The van der Waals surface area contributed by atoms with Crippen LogP contribution >= 0.6 is 15.9 Å². The van der Waals surface area contributed by atoms with Gasteiger partial charge in [0.05, 0.1) is 5.69 Å². The maximum atomic E-state index is 10.7. The number of carboxylic acid groups (broad SMARTS) is 1. The quantitative estimate of drug-likeness (QED) is 0.887. The van der Waals surface area contributed by atoms with Crippen LogP contribution in [-0.2, 0) is 11.8 Å². The molecule has 0 amide bonds. The van der Waals surface area contributed by atoms with Crippen LogP contribution < -0.4 is 0 Å². The number of hydrogen-bond acceptors (Lipinski definition) is 2. The number of aliphatic carboxylic acids is 1. The molecule has 0 aliphatic carbocycles. The molecule has 5 heteroatoms. The van der Waals surface area contributed by atoms with Crippen molar-refractivity contribution in [1.29, 1.82) is 0 Å². The summed E-state index contributed by atoms with van der Waals surface area (Å²) in [6, 6.07) is 7.31. The number of fused-ring (bicyclic) bond motifs is 1. The third-order valence-electron chi connectivity index (χ3n) is 2.56. The van der Waals surface area contributed by atoms with Gasteiger partial charge in [-0.05, 0) is 24.3 Å². The molecule has 0 spiro atoms. The lowest BCUT2D eigenvalue weighted by Crippen LogP contribution is -2.13. The normalized spacial score (nSPS) is 12.9. The standard InChI is InChI=1S/C11H10BrNO3/c1-13-8-3-2-7(12)4-6(8)5-9(13)10(14)11(15)16/h2-5,10,14H,1H3,(H,15,16). The van der Waals surface area contributed by atoms with Crippen molar-refractivity contribution < 1.29 is 15.0 Å². The number of aliphatic hydroxyl groups excluding tert-OH is 1. The van der Waals surface area contributed by atoms with Gasteiger partial charge < -0.3 is 14.8 Å². The Morgan fingerprint density at radius 3 is 2.75 bits per heavy atom. The van der Waals surface area contributed by atoms with E-state index in [1.165, 1.54) is 0 Å². The van der Waals surface area contributed by atoms with Gasteiger partial charge in [-0.15, -0.1) is 0 Å². The van der Waals surface area contributed by atoms with Crippen molar-refractivity contribution in [3.05, 3.63) is 34.4 Å². The molecule has 1 aromatic heterocycles. The van der Waals surface area contributed by atoms with Crippen molar-refractivity contribution in [2.45, 2.75) is 6.10 Å². The van der Waals surface area contributed by atoms with E-state index in [9.17, 15) is 9.90 Å². The second kappa shape index (κ2) is 3.92. The van der Waals surface area contributed by atoms with E-state index in [2.05, 4.69) is 15.9 Å². The summed E-state index contributed by atoms with van der Waals surface area (Å²) >= 11 is 3.34. The van der Waals surface area contributed by atoms with E-state index in [0.717, 1.165) is 15.4 Å². The Morgan fingerprint density at radius 1 is 1.44 bits per heavy atom. The number of hydrogen-bond donors (Lipinski definition) is 2. The van der Waals surface area contributed by atoms with E-state index in [1.54, 1.807) is 17.7 Å². The predicted octanol–water partition coefficient (Wildman–Crippen LogP) is 2.06. The maximum Gasteiger partial charge on any atom is 0.338 e. The molecular formula is C11H10BrNO3. The summed E-state index contributed by atoms with van der Waals surface area (Å²) in [5, 5.41) is 19.2. The van der Waals surface area contributed by atoms with Gasteiger partial charge in [0.25, 0.3) is 0 Å². The summed E-state index contributed by atoms with van der Waals surface area (Å²) in [5.41, 5.74) is 1.26. The number of nitrogens with zero attached hydrogens (tertiary/aromatic N) is 1. The first-order valence-corrected chi connectivity index (χ1v) is 5.46. The summed E-state index contributed by atoms with van der Waals surface area (Å²) < 4.78 is 2.60. The lowest BCUT2D eigenvalue weighted by Gasteiger charge is -2.07. The molecule has 1 unspecified atom stereocenters. The molecule has 16 heavy (non-hydrogen) atoms. The van der Waals surface area contributed by atoms with Crippen molar-refractivity contribution in [3.63, 3.8) is 0 Å². The van der Waals surface area contributed by atoms with Gasteiger partial charge in [-0.2, -0.15) is 0 Å². The number of halogens is 1. The molecule has 0 saturated heterocycles. The Kier molecular flexibility index (Phi) is 2.73. The lowest BCUT2D eigenvalue weighted by molar-refractivity contribution is -0.147. The number of aryl methyl sites for hydroxylation is 1. The van der Waals surface area contributed by atoms with Crippen molar-refractivity contribution in [2.24, 2.45) is 7.05 Å². The topological polar surface area (TPSA) is 62.5 Å². The second-order valence-electron chi connectivity index (χ2n) is 3.57. The zero-order valence-corrected chi connectivity index (χ0v) is 10.1. The van der Waals surface area contributed by atoms with Gasteiger partial charge in [-0.3, -0.25) is 0 Å². The van der Waals surface area contributed by atoms with Crippen LogP contribution in [0.25, 0.3) is 10.9 Å². The molecule has 1 aromatic carbocycles. The van der Waals surface area contributed by atoms with Gasteiger partial charge in [-0.25, -0.2) is 4.79 Å². The first-order chi connectivity index (χ1) is 7.50.